The average molecular weight is 324 g/mol. The summed E-state index contributed by atoms with van der Waals surface area (Å²) in [6.45, 7) is 1.88. The van der Waals surface area contributed by atoms with Crippen LogP contribution in [0.5, 0.6) is 0 Å². The molecule has 1 atom stereocenters. The van der Waals surface area contributed by atoms with Gasteiger partial charge in [-0.1, -0.05) is 42.5 Å². The van der Waals surface area contributed by atoms with E-state index < -0.39 is 11.5 Å². The lowest BCUT2D eigenvalue weighted by Gasteiger charge is -2.25. The molecule has 0 aromatic heterocycles. The number of ether oxygens (including phenoxy) is 1. The highest BCUT2D eigenvalue weighted by molar-refractivity contribution is 6.15. The van der Waals surface area contributed by atoms with Crippen molar-refractivity contribution in [2.24, 2.45) is 0 Å². The van der Waals surface area contributed by atoms with Gasteiger partial charge in [0, 0.05) is 17.7 Å². The number of benzene rings is 2. The maximum Gasteiger partial charge on any atom is 0.337 e. The number of carbonyl (C=O) groups excluding carboxylic acids is 2. The highest BCUT2D eigenvalue weighted by Crippen LogP contribution is 2.17. The molecule has 1 N–H and O–H groups in total. The summed E-state index contributed by atoms with van der Waals surface area (Å²) in [5.74, 6) is -0.518. The summed E-state index contributed by atoms with van der Waals surface area (Å²) in [5, 5.41) is 8.88. The van der Waals surface area contributed by atoms with E-state index in [9.17, 15) is 9.59 Å². The van der Waals surface area contributed by atoms with Crippen LogP contribution in [0.4, 0.5) is 0 Å². The van der Waals surface area contributed by atoms with Crippen LogP contribution < -0.4 is 0 Å². The van der Waals surface area contributed by atoms with Gasteiger partial charge in [-0.25, -0.2) is 4.79 Å². The summed E-state index contributed by atoms with van der Waals surface area (Å²) in [7, 11) is 1.81. The molecule has 0 saturated carbocycles. The third kappa shape index (κ3) is 4.80. The van der Waals surface area contributed by atoms with E-state index in [-0.39, 0.29) is 12.4 Å². The lowest BCUT2D eigenvalue weighted by molar-refractivity contribution is 0.0181. The Bertz CT molecular complexity index is 693. The first-order chi connectivity index (χ1) is 11.4. The highest BCUT2D eigenvalue weighted by Gasteiger charge is 2.23. The molecule has 0 aliphatic rings. The van der Waals surface area contributed by atoms with Crippen LogP contribution in [-0.4, -0.2) is 36.8 Å². The molecule has 124 valence electrons. The molecule has 0 amide bonds. The molecular formula is C19H21BO4. The Balaban J connectivity index is 2.06. The summed E-state index contributed by atoms with van der Waals surface area (Å²) in [4.78, 5) is 24.5. The van der Waals surface area contributed by atoms with Gasteiger partial charge in [0.1, 0.15) is 0 Å². The Hall–Kier alpha value is -2.40. The number of esters is 1. The Morgan fingerprint density at radius 1 is 1.00 bits per heavy atom. The molecule has 0 aliphatic carbocycles. The van der Waals surface area contributed by atoms with Gasteiger partial charge >= 0.3 is 5.97 Å². The zero-order valence-electron chi connectivity index (χ0n) is 14.0. The number of hydrogen-bond donors (Lipinski definition) is 1. The minimum Gasteiger partial charge on any atom is -0.466 e. The molecule has 5 heteroatoms. The standard InChI is InChI=1S/C19H21BO4/c1-19(20,12-5-13-21)24-18(23)16-10-8-15(9-11-16)17(22)14-6-3-2-4-7-14/h2-4,6-11,21H,5,12-13,20H2,1H3. The molecule has 0 radical (unpaired) electrons. The summed E-state index contributed by atoms with van der Waals surface area (Å²) >= 11 is 0. The zero-order chi connectivity index (χ0) is 17.6. The zero-order valence-corrected chi connectivity index (χ0v) is 14.0. The smallest absolute Gasteiger partial charge is 0.337 e. The fourth-order valence-corrected chi connectivity index (χ4v) is 2.38. The number of hydrogen-bond acceptors (Lipinski definition) is 4. The van der Waals surface area contributed by atoms with Gasteiger partial charge < -0.3 is 9.84 Å². The number of rotatable bonds is 7. The van der Waals surface area contributed by atoms with Crippen molar-refractivity contribution in [3.05, 3.63) is 71.3 Å². The maximum atomic E-state index is 12.3. The summed E-state index contributed by atoms with van der Waals surface area (Å²) in [6, 6.07) is 15.5. The average Bonchev–Trinajstić information content (AvgIpc) is 2.60. The van der Waals surface area contributed by atoms with Crippen molar-refractivity contribution in [2.75, 3.05) is 6.61 Å². The predicted molar refractivity (Wildman–Crippen MR) is 95.0 cm³/mol. The van der Waals surface area contributed by atoms with Gasteiger partial charge in [-0.2, -0.15) is 0 Å². The fraction of sp³-hybridized carbons (Fsp3) is 0.263. The third-order valence-electron chi connectivity index (χ3n) is 3.72. The van der Waals surface area contributed by atoms with Crippen molar-refractivity contribution < 1.29 is 19.4 Å². The van der Waals surface area contributed by atoms with E-state index in [0.29, 0.717) is 29.5 Å². The summed E-state index contributed by atoms with van der Waals surface area (Å²) in [6.07, 6.45) is 1.16. The van der Waals surface area contributed by atoms with Crippen LogP contribution in [0.3, 0.4) is 0 Å². The first-order valence-corrected chi connectivity index (χ1v) is 7.97. The fourth-order valence-electron chi connectivity index (χ4n) is 2.38. The van der Waals surface area contributed by atoms with Gasteiger partial charge in [-0.15, -0.1) is 0 Å². The summed E-state index contributed by atoms with van der Waals surface area (Å²) < 4.78 is 5.48. The molecule has 0 fully saturated rings. The normalized spacial score (nSPS) is 13.1. The van der Waals surface area contributed by atoms with E-state index in [4.69, 9.17) is 9.84 Å². The molecule has 0 spiro atoms. The number of carbonyl (C=O) groups is 2. The molecule has 24 heavy (non-hydrogen) atoms. The van der Waals surface area contributed by atoms with E-state index in [1.165, 1.54) is 0 Å². The van der Waals surface area contributed by atoms with Crippen molar-refractivity contribution >= 4 is 19.6 Å². The van der Waals surface area contributed by atoms with Gasteiger partial charge in [0.25, 0.3) is 0 Å². The number of aliphatic hydroxyl groups is 1. The van der Waals surface area contributed by atoms with E-state index in [0.717, 1.165) is 0 Å². The van der Waals surface area contributed by atoms with E-state index in [2.05, 4.69) is 0 Å². The lowest BCUT2D eigenvalue weighted by atomic mass is 9.79. The monoisotopic (exact) mass is 324 g/mol. The van der Waals surface area contributed by atoms with Crippen molar-refractivity contribution in [3.63, 3.8) is 0 Å². The molecule has 2 aromatic rings. The lowest BCUT2D eigenvalue weighted by Crippen LogP contribution is -2.32. The number of aliphatic hydroxyl groups excluding tert-OH is 1. The molecule has 2 aromatic carbocycles. The van der Waals surface area contributed by atoms with E-state index in [1.807, 2.05) is 33.0 Å². The second kappa shape index (κ2) is 7.93. The number of ketones is 1. The van der Waals surface area contributed by atoms with Crippen LogP contribution in [0.2, 0.25) is 0 Å². The van der Waals surface area contributed by atoms with Gasteiger partial charge in [0.05, 0.1) is 11.1 Å². The maximum absolute atomic E-state index is 12.3. The van der Waals surface area contributed by atoms with Gasteiger partial charge in [-0.05, 0) is 31.9 Å². The van der Waals surface area contributed by atoms with E-state index >= 15 is 0 Å². The van der Waals surface area contributed by atoms with Gasteiger partial charge in [0.15, 0.2) is 13.6 Å². The highest BCUT2D eigenvalue weighted by atomic mass is 16.6. The summed E-state index contributed by atoms with van der Waals surface area (Å²) in [5.41, 5.74) is 0.894. The first kappa shape index (κ1) is 18.0. The molecule has 0 bridgehead atoms. The van der Waals surface area contributed by atoms with Crippen LogP contribution in [0.1, 0.15) is 46.0 Å². The quantitative estimate of drug-likeness (QED) is 0.482. The van der Waals surface area contributed by atoms with Crippen LogP contribution in [0.25, 0.3) is 0 Å². The van der Waals surface area contributed by atoms with E-state index in [1.54, 1.807) is 36.4 Å². The Morgan fingerprint density at radius 3 is 2.12 bits per heavy atom. The molecule has 0 aliphatic heterocycles. The van der Waals surface area contributed by atoms with Crippen LogP contribution in [0, 0.1) is 0 Å². The Kier molecular flexibility index (Phi) is 5.93. The minimum atomic E-state index is -0.641. The minimum absolute atomic E-state index is 0.0667. The van der Waals surface area contributed by atoms with Gasteiger partial charge in [0.2, 0.25) is 0 Å². The van der Waals surface area contributed by atoms with Crippen LogP contribution in [-0.2, 0) is 4.74 Å². The van der Waals surface area contributed by atoms with Crippen LogP contribution >= 0.6 is 0 Å². The van der Waals surface area contributed by atoms with Crippen molar-refractivity contribution in [2.45, 2.75) is 25.3 Å². The second-order valence-corrected chi connectivity index (χ2v) is 6.25. The van der Waals surface area contributed by atoms with Crippen molar-refractivity contribution in [3.8, 4) is 0 Å². The largest absolute Gasteiger partial charge is 0.466 e. The molecule has 2 rings (SSSR count). The molecule has 1 unspecified atom stereocenters. The SMILES string of the molecule is BC(C)(CCCO)OC(=O)c1ccc(C(=O)c2ccccc2)cc1. The molecule has 0 saturated heterocycles. The second-order valence-electron chi connectivity index (χ2n) is 6.25. The first-order valence-electron chi connectivity index (χ1n) is 7.97. The Morgan fingerprint density at radius 2 is 1.54 bits per heavy atom. The Labute approximate surface area is 142 Å². The molecular weight excluding hydrogens is 303 g/mol. The van der Waals surface area contributed by atoms with Crippen molar-refractivity contribution in [1.29, 1.82) is 0 Å². The topological polar surface area (TPSA) is 63.6 Å². The van der Waals surface area contributed by atoms with Crippen molar-refractivity contribution in [1.82, 2.24) is 0 Å². The van der Waals surface area contributed by atoms with Crippen LogP contribution in [0.15, 0.2) is 54.6 Å². The third-order valence-corrected chi connectivity index (χ3v) is 3.72. The molecule has 4 nitrogen and oxygen atoms in total. The van der Waals surface area contributed by atoms with Gasteiger partial charge in [-0.3, -0.25) is 4.79 Å². The predicted octanol–water partition coefficient (Wildman–Crippen LogP) is 2.20. The molecule has 0 heterocycles.